The zero-order valence-corrected chi connectivity index (χ0v) is 23.3. The molecular weight excluding hydrogens is 438 g/mol. The molecule has 0 spiro atoms. The molecule has 1 N–H and O–H groups in total. The minimum atomic E-state index is -0.0746. The van der Waals surface area contributed by atoms with Gasteiger partial charge in [-0.3, -0.25) is 9.59 Å². The molecule has 0 radical (unpaired) electrons. The van der Waals surface area contributed by atoms with E-state index in [1.165, 1.54) is 51.4 Å². The van der Waals surface area contributed by atoms with Crippen LogP contribution >= 0.6 is 0 Å². The zero-order valence-electron chi connectivity index (χ0n) is 23.3. The van der Waals surface area contributed by atoms with Crippen LogP contribution in [0.3, 0.4) is 0 Å². The summed E-state index contributed by atoms with van der Waals surface area (Å²) < 4.78 is 10.5. The van der Waals surface area contributed by atoms with Crippen molar-refractivity contribution in [3.63, 3.8) is 0 Å². The monoisotopic (exact) mass is 495 g/mol. The highest BCUT2D eigenvalue weighted by Gasteiger charge is 2.03. The maximum absolute atomic E-state index is 11.7. The number of esters is 2. The molecule has 0 amide bonds. The van der Waals surface area contributed by atoms with Gasteiger partial charge in [0, 0.05) is 12.8 Å². The van der Waals surface area contributed by atoms with Crippen molar-refractivity contribution in [2.75, 3.05) is 26.3 Å². The molecule has 0 fully saturated rings. The molecule has 0 saturated heterocycles. The third-order valence-corrected chi connectivity index (χ3v) is 6.21. The van der Waals surface area contributed by atoms with Gasteiger partial charge in [0.2, 0.25) is 0 Å². The third kappa shape index (κ3) is 28.8. The molecule has 0 rings (SSSR count). The van der Waals surface area contributed by atoms with Gasteiger partial charge in [-0.2, -0.15) is 0 Å². The molecule has 5 heteroatoms. The van der Waals surface area contributed by atoms with E-state index in [9.17, 15) is 9.59 Å². The molecular formula is C30H57NO4. The highest BCUT2D eigenvalue weighted by molar-refractivity contribution is 5.69. The summed E-state index contributed by atoms with van der Waals surface area (Å²) in [6.45, 7) is 7.51. The average Bonchev–Trinajstić information content (AvgIpc) is 2.85. The van der Waals surface area contributed by atoms with E-state index in [1.807, 2.05) is 6.08 Å². The second-order valence-electron chi connectivity index (χ2n) is 9.72. The van der Waals surface area contributed by atoms with Crippen LogP contribution in [0.25, 0.3) is 0 Å². The Hall–Kier alpha value is -1.36. The molecule has 0 aromatic rings. The fraction of sp³-hybridized carbons (Fsp3) is 0.867. The van der Waals surface area contributed by atoms with Crippen molar-refractivity contribution in [3.8, 4) is 0 Å². The van der Waals surface area contributed by atoms with Gasteiger partial charge in [0.1, 0.15) is 6.61 Å². The fourth-order valence-electron chi connectivity index (χ4n) is 3.92. The van der Waals surface area contributed by atoms with Crippen LogP contribution in [0.1, 0.15) is 142 Å². The highest BCUT2D eigenvalue weighted by Crippen LogP contribution is 2.07. The average molecular weight is 496 g/mol. The van der Waals surface area contributed by atoms with Crippen molar-refractivity contribution < 1.29 is 19.1 Å². The minimum Gasteiger partial charge on any atom is -0.466 e. The van der Waals surface area contributed by atoms with Crippen LogP contribution in [0.5, 0.6) is 0 Å². The van der Waals surface area contributed by atoms with Crippen LogP contribution < -0.4 is 5.32 Å². The topological polar surface area (TPSA) is 64.6 Å². The van der Waals surface area contributed by atoms with E-state index >= 15 is 0 Å². The Morgan fingerprint density at radius 1 is 0.571 bits per heavy atom. The second-order valence-corrected chi connectivity index (χ2v) is 9.72. The van der Waals surface area contributed by atoms with Gasteiger partial charge < -0.3 is 14.8 Å². The summed E-state index contributed by atoms with van der Waals surface area (Å²) in [5, 5.41) is 3.50. The molecule has 0 aromatic carbocycles. The van der Waals surface area contributed by atoms with E-state index in [-0.39, 0.29) is 11.9 Å². The number of unbranched alkanes of at least 4 members (excludes halogenated alkanes) is 14. The Balaban J connectivity index is 3.25. The molecule has 0 heterocycles. The first-order valence-electron chi connectivity index (χ1n) is 14.9. The van der Waals surface area contributed by atoms with Crippen molar-refractivity contribution >= 4 is 11.9 Å². The lowest BCUT2D eigenvalue weighted by molar-refractivity contribution is -0.144. The lowest BCUT2D eigenvalue weighted by atomic mass is 10.1. The first kappa shape index (κ1) is 33.6. The van der Waals surface area contributed by atoms with Crippen LogP contribution in [-0.4, -0.2) is 38.2 Å². The Morgan fingerprint density at radius 2 is 1.09 bits per heavy atom. The maximum atomic E-state index is 11.7. The first-order chi connectivity index (χ1) is 17.2. The Kier molecular flexibility index (Phi) is 27.8. The van der Waals surface area contributed by atoms with Crippen molar-refractivity contribution in [2.24, 2.45) is 0 Å². The molecule has 0 aromatic heterocycles. The molecule has 0 saturated carbocycles. The summed E-state index contributed by atoms with van der Waals surface area (Å²) in [6, 6.07) is 0. The molecule has 5 nitrogen and oxygen atoms in total. The first-order valence-corrected chi connectivity index (χ1v) is 14.9. The maximum Gasteiger partial charge on any atom is 0.306 e. The number of hydrogen-bond acceptors (Lipinski definition) is 5. The quantitative estimate of drug-likeness (QED) is 0.0709. The number of carbonyl (C=O) groups excluding carboxylic acids is 2. The predicted octanol–water partition coefficient (Wildman–Crippen LogP) is 8.06. The van der Waals surface area contributed by atoms with Gasteiger partial charge in [0.15, 0.2) is 0 Å². The van der Waals surface area contributed by atoms with Crippen LogP contribution in [0, 0.1) is 0 Å². The molecule has 35 heavy (non-hydrogen) atoms. The van der Waals surface area contributed by atoms with E-state index in [0.717, 1.165) is 77.3 Å². The minimum absolute atomic E-state index is 0.0307. The van der Waals surface area contributed by atoms with Gasteiger partial charge in [0.05, 0.1) is 6.61 Å². The molecule has 0 aliphatic heterocycles. The van der Waals surface area contributed by atoms with E-state index in [2.05, 4.69) is 25.2 Å². The number of rotatable bonds is 27. The fourth-order valence-corrected chi connectivity index (χ4v) is 3.92. The van der Waals surface area contributed by atoms with Gasteiger partial charge in [-0.05, 0) is 58.0 Å². The van der Waals surface area contributed by atoms with Gasteiger partial charge >= 0.3 is 11.9 Å². The summed E-state index contributed by atoms with van der Waals surface area (Å²) >= 11 is 0. The molecule has 0 bridgehead atoms. The SMILES string of the molecule is CCCCCC/C=C\COC(=O)CCCCCCNCCCCCCC(=O)OCCCCCCC. The normalized spacial score (nSPS) is 11.3. The van der Waals surface area contributed by atoms with Crippen molar-refractivity contribution in [3.05, 3.63) is 12.2 Å². The van der Waals surface area contributed by atoms with Crippen LogP contribution in [0.2, 0.25) is 0 Å². The van der Waals surface area contributed by atoms with Gasteiger partial charge in [-0.25, -0.2) is 0 Å². The number of nitrogens with one attached hydrogen (secondary N) is 1. The molecule has 0 atom stereocenters. The number of allylic oxidation sites excluding steroid dienone is 1. The lowest BCUT2D eigenvalue weighted by Crippen LogP contribution is -2.16. The Labute approximate surface area is 217 Å². The Morgan fingerprint density at radius 3 is 1.71 bits per heavy atom. The number of hydrogen-bond donors (Lipinski definition) is 1. The summed E-state index contributed by atoms with van der Waals surface area (Å²) in [6.07, 6.45) is 25.9. The standard InChI is InChI=1S/C30H57NO4/c1-3-5-7-9-10-16-22-28-35-30(33)24-18-12-14-20-26-31-25-19-13-11-17-23-29(32)34-27-21-15-8-6-4-2/h16,22,31H,3-15,17-21,23-28H2,1-2H3/b22-16-. The van der Waals surface area contributed by atoms with Crippen LogP contribution in [0.15, 0.2) is 12.2 Å². The molecule has 206 valence electrons. The second kappa shape index (κ2) is 28.9. The van der Waals surface area contributed by atoms with Crippen molar-refractivity contribution in [1.29, 1.82) is 0 Å². The van der Waals surface area contributed by atoms with Crippen molar-refractivity contribution in [2.45, 2.75) is 142 Å². The van der Waals surface area contributed by atoms with E-state index in [4.69, 9.17) is 9.47 Å². The third-order valence-electron chi connectivity index (χ3n) is 6.21. The smallest absolute Gasteiger partial charge is 0.306 e. The van der Waals surface area contributed by atoms with Crippen molar-refractivity contribution in [1.82, 2.24) is 5.32 Å². The van der Waals surface area contributed by atoms with Crippen LogP contribution in [-0.2, 0) is 19.1 Å². The lowest BCUT2D eigenvalue weighted by Gasteiger charge is -2.06. The van der Waals surface area contributed by atoms with E-state index in [0.29, 0.717) is 26.1 Å². The zero-order chi connectivity index (χ0) is 25.7. The highest BCUT2D eigenvalue weighted by atomic mass is 16.5. The van der Waals surface area contributed by atoms with Crippen LogP contribution in [0.4, 0.5) is 0 Å². The largest absolute Gasteiger partial charge is 0.466 e. The number of ether oxygens (including phenoxy) is 2. The van der Waals surface area contributed by atoms with Gasteiger partial charge in [0.25, 0.3) is 0 Å². The predicted molar refractivity (Wildman–Crippen MR) is 148 cm³/mol. The summed E-state index contributed by atoms with van der Waals surface area (Å²) in [7, 11) is 0. The molecule has 0 unspecified atom stereocenters. The van der Waals surface area contributed by atoms with E-state index < -0.39 is 0 Å². The number of carbonyl (C=O) groups is 2. The summed E-state index contributed by atoms with van der Waals surface area (Å²) in [5.41, 5.74) is 0. The van der Waals surface area contributed by atoms with Gasteiger partial charge in [-0.1, -0.05) is 96.6 Å². The van der Waals surface area contributed by atoms with Gasteiger partial charge in [-0.15, -0.1) is 0 Å². The van der Waals surface area contributed by atoms with E-state index in [1.54, 1.807) is 0 Å². The Bertz CT molecular complexity index is 493. The summed E-state index contributed by atoms with van der Waals surface area (Å²) in [4.78, 5) is 23.4. The molecule has 0 aliphatic rings. The summed E-state index contributed by atoms with van der Waals surface area (Å²) in [5.74, 6) is -0.105. The molecule has 0 aliphatic carbocycles.